The van der Waals surface area contributed by atoms with Gasteiger partial charge in [-0.2, -0.15) is 0 Å². The summed E-state index contributed by atoms with van der Waals surface area (Å²) in [5.41, 5.74) is 5.09. The highest BCUT2D eigenvalue weighted by Gasteiger charge is 2.46. The second-order valence-electron chi connectivity index (χ2n) is 4.65. The zero-order valence-corrected chi connectivity index (χ0v) is 8.38. The van der Waals surface area contributed by atoms with Gasteiger partial charge in [-0.25, -0.2) is 0 Å². The number of rotatable bonds is 3. The summed E-state index contributed by atoms with van der Waals surface area (Å²) in [6.45, 7) is 7.08. The van der Waals surface area contributed by atoms with Crippen LogP contribution in [0.4, 0.5) is 0 Å². The smallest absolute Gasteiger partial charge is 0.0690 e. The van der Waals surface area contributed by atoms with Crippen LogP contribution in [0.2, 0.25) is 0 Å². The summed E-state index contributed by atoms with van der Waals surface area (Å²) in [4.78, 5) is 0. The number of hydrogen-bond acceptors (Lipinski definition) is 2. The molecule has 0 bridgehead atoms. The molecule has 0 aliphatic heterocycles. The van der Waals surface area contributed by atoms with E-state index in [1.165, 1.54) is 0 Å². The van der Waals surface area contributed by atoms with Gasteiger partial charge in [0.15, 0.2) is 0 Å². The van der Waals surface area contributed by atoms with Crippen molar-refractivity contribution in [1.29, 1.82) is 0 Å². The van der Waals surface area contributed by atoms with Gasteiger partial charge in [0.1, 0.15) is 0 Å². The number of hydrogen-bond donors (Lipinski definition) is 2. The van der Waals surface area contributed by atoms with Gasteiger partial charge in [0, 0.05) is 0 Å². The van der Waals surface area contributed by atoms with Crippen LogP contribution in [0.5, 0.6) is 0 Å². The zero-order chi connectivity index (χ0) is 9.35. The first-order valence-corrected chi connectivity index (χ1v) is 4.92. The fourth-order valence-electron chi connectivity index (χ4n) is 1.94. The molecule has 0 aromatic carbocycles. The van der Waals surface area contributed by atoms with E-state index < -0.39 is 5.60 Å². The van der Waals surface area contributed by atoms with Crippen molar-refractivity contribution in [3.8, 4) is 0 Å². The number of nitrogens with two attached hydrogens (primary N) is 1. The Labute approximate surface area is 75.2 Å². The van der Waals surface area contributed by atoms with Gasteiger partial charge in [0.25, 0.3) is 0 Å². The molecule has 0 amide bonds. The van der Waals surface area contributed by atoms with Crippen LogP contribution in [0.25, 0.3) is 0 Å². The standard InChI is InChI=1S/C10H21NO/c1-7(2)9-4-10(12,5-9)8(3)6-11/h7-9,12H,4-6,11H2,1-3H3. The van der Waals surface area contributed by atoms with E-state index in [4.69, 9.17) is 5.73 Å². The van der Waals surface area contributed by atoms with Crippen LogP contribution in [0.15, 0.2) is 0 Å². The number of aliphatic hydroxyl groups is 1. The average Bonchev–Trinajstić information content (AvgIpc) is 1.96. The predicted molar refractivity (Wildman–Crippen MR) is 50.7 cm³/mol. The summed E-state index contributed by atoms with van der Waals surface area (Å²) in [6, 6.07) is 0. The van der Waals surface area contributed by atoms with Crippen molar-refractivity contribution >= 4 is 0 Å². The third-order valence-corrected chi connectivity index (χ3v) is 3.45. The van der Waals surface area contributed by atoms with Gasteiger partial charge in [0.05, 0.1) is 5.60 Å². The second kappa shape index (κ2) is 3.35. The SMILES string of the molecule is CC(C)C1CC(O)(C(C)CN)C1. The summed E-state index contributed by atoms with van der Waals surface area (Å²) in [6.07, 6.45) is 1.89. The maximum atomic E-state index is 10.0. The minimum absolute atomic E-state index is 0.257. The van der Waals surface area contributed by atoms with E-state index in [1.54, 1.807) is 0 Å². The van der Waals surface area contributed by atoms with Crippen LogP contribution in [0, 0.1) is 17.8 Å². The maximum Gasteiger partial charge on any atom is 0.0690 e. The molecule has 0 aromatic rings. The minimum Gasteiger partial charge on any atom is -0.390 e. The average molecular weight is 171 g/mol. The van der Waals surface area contributed by atoms with E-state index in [1.807, 2.05) is 6.92 Å². The van der Waals surface area contributed by atoms with E-state index in [2.05, 4.69) is 13.8 Å². The van der Waals surface area contributed by atoms with Crippen molar-refractivity contribution in [3.63, 3.8) is 0 Å². The Morgan fingerprint density at radius 1 is 1.42 bits per heavy atom. The first-order chi connectivity index (χ1) is 5.49. The fraction of sp³-hybridized carbons (Fsp3) is 1.00. The highest BCUT2D eigenvalue weighted by atomic mass is 16.3. The summed E-state index contributed by atoms with van der Waals surface area (Å²) in [7, 11) is 0. The molecule has 1 fully saturated rings. The van der Waals surface area contributed by atoms with E-state index in [0.717, 1.165) is 12.8 Å². The lowest BCUT2D eigenvalue weighted by Gasteiger charge is -2.49. The Kier molecular flexibility index (Phi) is 2.79. The Morgan fingerprint density at radius 2 is 1.92 bits per heavy atom. The van der Waals surface area contributed by atoms with Gasteiger partial charge >= 0.3 is 0 Å². The lowest BCUT2D eigenvalue weighted by Crippen LogP contribution is -2.52. The molecule has 3 N–H and O–H groups in total. The van der Waals surface area contributed by atoms with E-state index >= 15 is 0 Å². The molecule has 0 radical (unpaired) electrons. The van der Waals surface area contributed by atoms with Gasteiger partial charge in [-0.1, -0.05) is 20.8 Å². The summed E-state index contributed by atoms with van der Waals surface area (Å²) in [5.74, 6) is 1.67. The second-order valence-corrected chi connectivity index (χ2v) is 4.65. The lowest BCUT2D eigenvalue weighted by molar-refractivity contribution is -0.121. The van der Waals surface area contributed by atoms with Gasteiger partial charge in [-0.3, -0.25) is 0 Å². The van der Waals surface area contributed by atoms with Crippen molar-refractivity contribution in [3.05, 3.63) is 0 Å². The van der Waals surface area contributed by atoms with Crippen molar-refractivity contribution in [2.24, 2.45) is 23.5 Å². The molecule has 12 heavy (non-hydrogen) atoms. The van der Waals surface area contributed by atoms with Gasteiger partial charge < -0.3 is 10.8 Å². The molecule has 0 heterocycles. The normalized spacial score (nSPS) is 38.0. The molecule has 0 saturated heterocycles. The quantitative estimate of drug-likeness (QED) is 0.674. The van der Waals surface area contributed by atoms with Crippen molar-refractivity contribution in [2.75, 3.05) is 6.54 Å². The Hall–Kier alpha value is -0.0800. The predicted octanol–water partition coefficient (Wildman–Crippen LogP) is 1.38. The van der Waals surface area contributed by atoms with E-state index in [0.29, 0.717) is 18.4 Å². The molecule has 1 unspecified atom stereocenters. The van der Waals surface area contributed by atoms with Crippen LogP contribution in [0.3, 0.4) is 0 Å². The lowest BCUT2D eigenvalue weighted by atomic mass is 9.61. The fourth-order valence-corrected chi connectivity index (χ4v) is 1.94. The molecule has 0 spiro atoms. The largest absolute Gasteiger partial charge is 0.390 e. The van der Waals surface area contributed by atoms with Crippen molar-refractivity contribution in [1.82, 2.24) is 0 Å². The van der Waals surface area contributed by atoms with Crippen LogP contribution in [-0.2, 0) is 0 Å². The Morgan fingerprint density at radius 3 is 2.25 bits per heavy atom. The third-order valence-electron chi connectivity index (χ3n) is 3.45. The van der Waals surface area contributed by atoms with Gasteiger partial charge in [-0.05, 0) is 37.1 Å². The molecule has 1 rings (SSSR count). The first-order valence-electron chi connectivity index (χ1n) is 4.92. The van der Waals surface area contributed by atoms with Gasteiger partial charge in [-0.15, -0.1) is 0 Å². The molecular weight excluding hydrogens is 150 g/mol. The highest BCUT2D eigenvalue weighted by molar-refractivity contribution is 4.98. The van der Waals surface area contributed by atoms with Crippen molar-refractivity contribution < 1.29 is 5.11 Å². The van der Waals surface area contributed by atoms with E-state index in [9.17, 15) is 5.11 Å². The molecule has 1 aliphatic rings. The Bertz CT molecular complexity index is 150. The molecule has 72 valence electrons. The topological polar surface area (TPSA) is 46.2 Å². The van der Waals surface area contributed by atoms with Crippen LogP contribution in [0.1, 0.15) is 33.6 Å². The van der Waals surface area contributed by atoms with Gasteiger partial charge in [0.2, 0.25) is 0 Å². The minimum atomic E-state index is -0.441. The van der Waals surface area contributed by atoms with Crippen LogP contribution in [-0.4, -0.2) is 17.3 Å². The van der Waals surface area contributed by atoms with Crippen LogP contribution >= 0.6 is 0 Å². The third kappa shape index (κ3) is 1.64. The molecule has 0 aromatic heterocycles. The monoisotopic (exact) mass is 171 g/mol. The molecule has 2 heteroatoms. The maximum absolute atomic E-state index is 10.0. The highest BCUT2D eigenvalue weighted by Crippen LogP contribution is 2.45. The van der Waals surface area contributed by atoms with Crippen LogP contribution < -0.4 is 5.73 Å². The van der Waals surface area contributed by atoms with Crippen molar-refractivity contribution in [2.45, 2.75) is 39.2 Å². The molecule has 1 saturated carbocycles. The zero-order valence-electron chi connectivity index (χ0n) is 8.38. The molecular formula is C10H21NO. The summed E-state index contributed by atoms with van der Waals surface area (Å²) >= 11 is 0. The Balaban J connectivity index is 2.39. The summed E-state index contributed by atoms with van der Waals surface area (Å²) < 4.78 is 0. The molecule has 1 atom stereocenters. The van der Waals surface area contributed by atoms with E-state index in [-0.39, 0.29) is 5.92 Å². The summed E-state index contributed by atoms with van der Waals surface area (Å²) in [5, 5.41) is 10.0. The molecule has 1 aliphatic carbocycles. The first kappa shape index (κ1) is 10.0. The molecule has 2 nitrogen and oxygen atoms in total.